The van der Waals surface area contributed by atoms with E-state index in [0.29, 0.717) is 5.41 Å². The highest BCUT2D eigenvalue weighted by atomic mass is 79.9. The molecule has 0 spiro atoms. The Hall–Kier alpha value is -0.150. The Balaban J connectivity index is 1.89. The summed E-state index contributed by atoms with van der Waals surface area (Å²) < 4.78 is 5.86. The van der Waals surface area contributed by atoms with Crippen molar-refractivity contribution in [2.75, 3.05) is 18.2 Å². The zero-order chi connectivity index (χ0) is 11.4. The second kappa shape index (κ2) is 5.46. The van der Waals surface area contributed by atoms with Gasteiger partial charge in [0.05, 0.1) is 6.61 Å². The molecule has 1 aliphatic rings. The van der Waals surface area contributed by atoms with Gasteiger partial charge in [-0.1, -0.05) is 22.4 Å². The van der Waals surface area contributed by atoms with Gasteiger partial charge in [0, 0.05) is 15.6 Å². The van der Waals surface area contributed by atoms with Crippen molar-refractivity contribution in [3.63, 3.8) is 0 Å². The van der Waals surface area contributed by atoms with E-state index >= 15 is 0 Å². The van der Waals surface area contributed by atoms with Gasteiger partial charge in [0.2, 0.25) is 0 Å². The maximum Gasteiger partial charge on any atom is 0.119 e. The molecule has 0 atom stereocenters. The van der Waals surface area contributed by atoms with Crippen molar-refractivity contribution < 1.29 is 4.74 Å². The summed E-state index contributed by atoms with van der Waals surface area (Å²) in [6, 6.07) is 8.35. The fourth-order valence-corrected chi connectivity index (χ4v) is 3.03. The Kier molecular flexibility index (Phi) is 4.20. The molecule has 1 nitrogen and oxygen atoms in total. The molecule has 2 rings (SSSR count). The smallest absolute Gasteiger partial charge is 0.119 e. The minimum absolute atomic E-state index is 0.401. The summed E-state index contributed by atoms with van der Waals surface area (Å²) in [5.41, 5.74) is 0.401. The van der Waals surface area contributed by atoms with Crippen molar-refractivity contribution in [1.29, 1.82) is 0 Å². The predicted molar refractivity (Wildman–Crippen MR) is 73.8 cm³/mol. The molecule has 1 aromatic rings. The van der Waals surface area contributed by atoms with Crippen molar-refractivity contribution in [1.82, 2.24) is 0 Å². The minimum atomic E-state index is 0.401. The predicted octanol–water partition coefficient (Wildman–Crippen LogP) is 4.35. The van der Waals surface area contributed by atoms with Crippen molar-refractivity contribution in [2.45, 2.75) is 24.2 Å². The molecule has 0 unspecified atom stereocenters. The number of benzene rings is 1. The largest absolute Gasteiger partial charge is 0.493 e. The molecule has 0 aromatic heterocycles. The van der Waals surface area contributed by atoms with Crippen LogP contribution in [0.1, 0.15) is 19.3 Å². The Morgan fingerprint density at radius 3 is 2.44 bits per heavy atom. The Morgan fingerprint density at radius 2 is 2.00 bits per heavy atom. The summed E-state index contributed by atoms with van der Waals surface area (Å²) in [5.74, 6) is 0.991. The summed E-state index contributed by atoms with van der Waals surface area (Å²) in [4.78, 5) is 1.28. The topological polar surface area (TPSA) is 9.23 Å². The van der Waals surface area contributed by atoms with Crippen LogP contribution >= 0.6 is 27.7 Å². The van der Waals surface area contributed by atoms with Crippen LogP contribution < -0.4 is 4.74 Å². The zero-order valence-electron chi connectivity index (χ0n) is 9.54. The third-order valence-electron chi connectivity index (χ3n) is 3.30. The van der Waals surface area contributed by atoms with E-state index in [-0.39, 0.29) is 0 Å². The molecule has 88 valence electrons. The number of halogens is 1. The van der Waals surface area contributed by atoms with Crippen molar-refractivity contribution in [2.24, 2.45) is 5.41 Å². The molecule has 0 radical (unpaired) electrons. The van der Waals surface area contributed by atoms with Crippen LogP contribution in [-0.2, 0) is 0 Å². The maximum absolute atomic E-state index is 5.86. The Labute approximate surface area is 110 Å². The fourth-order valence-electron chi connectivity index (χ4n) is 1.90. The van der Waals surface area contributed by atoms with Crippen LogP contribution in [0.25, 0.3) is 0 Å². The number of alkyl halides is 1. The second-order valence-electron chi connectivity index (χ2n) is 4.45. The zero-order valence-corrected chi connectivity index (χ0v) is 11.9. The van der Waals surface area contributed by atoms with Crippen LogP contribution in [0.3, 0.4) is 0 Å². The van der Waals surface area contributed by atoms with E-state index in [1.807, 2.05) is 0 Å². The van der Waals surface area contributed by atoms with Crippen LogP contribution in [0.2, 0.25) is 0 Å². The average Bonchev–Trinajstić information content (AvgIpc) is 2.29. The van der Waals surface area contributed by atoms with Gasteiger partial charge in [0.1, 0.15) is 5.75 Å². The number of ether oxygens (including phenoxy) is 1. The molecule has 1 aromatic carbocycles. The lowest BCUT2D eigenvalue weighted by atomic mass is 9.71. The molecule has 16 heavy (non-hydrogen) atoms. The molecule has 0 amide bonds. The van der Waals surface area contributed by atoms with Crippen LogP contribution in [0, 0.1) is 5.41 Å². The summed E-state index contributed by atoms with van der Waals surface area (Å²) in [6.07, 6.45) is 6.02. The molecule has 0 heterocycles. The number of rotatable bonds is 5. The van der Waals surface area contributed by atoms with Gasteiger partial charge < -0.3 is 4.74 Å². The van der Waals surface area contributed by atoms with Crippen LogP contribution in [0.15, 0.2) is 29.2 Å². The van der Waals surface area contributed by atoms with Gasteiger partial charge in [-0.05, 0) is 43.4 Å². The number of hydrogen-bond acceptors (Lipinski definition) is 2. The van der Waals surface area contributed by atoms with Gasteiger partial charge in [-0.15, -0.1) is 11.8 Å². The lowest BCUT2D eigenvalue weighted by molar-refractivity contribution is 0.0838. The third-order valence-corrected chi connectivity index (χ3v) is 5.24. The van der Waals surface area contributed by atoms with Gasteiger partial charge in [0.15, 0.2) is 0 Å². The first-order chi connectivity index (χ1) is 7.78. The second-order valence-corrected chi connectivity index (χ2v) is 5.89. The van der Waals surface area contributed by atoms with Gasteiger partial charge in [0.25, 0.3) is 0 Å². The molecule has 0 saturated heterocycles. The molecule has 0 aliphatic heterocycles. The molecular weight excluding hydrogens is 284 g/mol. The van der Waals surface area contributed by atoms with Gasteiger partial charge in [-0.25, -0.2) is 0 Å². The first-order valence-corrected chi connectivity index (χ1v) is 7.95. The molecule has 3 heteroatoms. The highest BCUT2D eigenvalue weighted by Crippen LogP contribution is 2.42. The SMILES string of the molecule is CSc1ccc(OCC2(CBr)CCC2)cc1. The van der Waals surface area contributed by atoms with Gasteiger partial charge in [-0.2, -0.15) is 0 Å². The van der Waals surface area contributed by atoms with Crippen LogP contribution in [-0.4, -0.2) is 18.2 Å². The van der Waals surface area contributed by atoms with Crippen LogP contribution in [0.4, 0.5) is 0 Å². The standard InChI is InChI=1S/C13H17BrOS/c1-16-12-5-3-11(4-6-12)15-10-13(9-14)7-2-8-13/h3-6H,2,7-10H2,1H3. The fraction of sp³-hybridized carbons (Fsp3) is 0.538. The van der Waals surface area contributed by atoms with Gasteiger partial charge >= 0.3 is 0 Å². The number of hydrogen-bond donors (Lipinski definition) is 0. The van der Waals surface area contributed by atoms with E-state index in [0.717, 1.165) is 17.7 Å². The van der Waals surface area contributed by atoms with E-state index in [1.165, 1.54) is 24.2 Å². The van der Waals surface area contributed by atoms with E-state index in [2.05, 4.69) is 46.5 Å². The number of thioether (sulfide) groups is 1. The summed E-state index contributed by atoms with van der Waals surface area (Å²) in [7, 11) is 0. The van der Waals surface area contributed by atoms with Crippen molar-refractivity contribution >= 4 is 27.7 Å². The molecule has 1 saturated carbocycles. The third kappa shape index (κ3) is 2.75. The monoisotopic (exact) mass is 300 g/mol. The molecule has 0 bridgehead atoms. The summed E-state index contributed by atoms with van der Waals surface area (Å²) >= 11 is 5.35. The van der Waals surface area contributed by atoms with E-state index in [9.17, 15) is 0 Å². The first-order valence-electron chi connectivity index (χ1n) is 5.61. The normalized spacial score (nSPS) is 17.9. The minimum Gasteiger partial charge on any atom is -0.493 e. The summed E-state index contributed by atoms with van der Waals surface area (Å²) in [5, 5.41) is 1.06. The van der Waals surface area contributed by atoms with E-state index in [1.54, 1.807) is 11.8 Å². The maximum atomic E-state index is 5.86. The average molecular weight is 301 g/mol. The van der Waals surface area contributed by atoms with Gasteiger partial charge in [-0.3, -0.25) is 0 Å². The lowest BCUT2D eigenvalue weighted by Gasteiger charge is -2.39. The van der Waals surface area contributed by atoms with Crippen LogP contribution in [0.5, 0.6) is 5.75 Å². The quantitative estimate of drug-likeness (QED) is 0.590. The molecular formula is C13H17BrOS. The highest BCUT2D eigenvalue weighted by Gasteiger charge is 2.36. The summed E-state index contributed by atoms with van der Waals surface area (Å²) in [6.45, 7) is 0.844. The molecule has 0 N–H and O–H groups in total. The lowest BCUT2D eigenvalue weighted by Crippen LogP contribution is -2.37. The van der Waals surface area contributed by atoms with Crippen molar-refractivity contribution in [3.8, 4) is 5.75 Å². The highest BCUT2D eigenvalue weighted by molar-refractivity contribution is 9.09. The Bertz CT molecular complexity index is 327. The van der Waals surface area contributed by atoms with E-state index in [4.69, 9.17) is 4.74 Å². The molecule has 1 aliphatic carbocycles. The van der Waals surface area contributed by atoms with E-state index < -0.39 is 0 Å². The van der Waals surface area contributed by atoms with Crippen molar-refractivity contribution in [3.05, 3.63) is 24.3 Å². The first kappa shape index (κ1) is 12.3. The molecule has 1 fully saturated rings. The Morgan fingerprint density at radius 1 is 1.31 bits per heavy atom.